The van der Waals surface area contributed by atoms with Gasteiger partial charge >= 0.3 is 0 Å². The Kier molecular flexibility index (Phi) is 6.00. The van der Waals surface area contributed by atoms with Crippen molar-refractivity contribution < 1.29 is 4.39 Å². The molecule has 0 atom stereocenters. The van der Waals surface area contributed by atoms with E-state index in [9.17, 15) is 4.39 Å². The summed E-state index contributed by atoms with van der Waals surface area (Å²) < 4.78 is 13.0. The first-order valence-corrected chi connectivity index (χ1v) is 9.13. The van der Waals surface area contributed by atoms with Crippen molar-refractivity contribution in [2.75, 3.05) is 39.3 Å². The van der Waals surface area contributed by atoms with Crippen LogP contribution in [0.4, 0.5) is 4.39 Å². The predicted octanol–water partition coefficient (Wildman–Crippen LogP) is 4.53. The first-order chi connectivity index (χ1) is 12.2. The highest BCUT2D eigenvalue weighted by Gasteiger charge is 2.14. The molecule has 0 aromatic heterocycles. The standard InChI is InChI=1S/C22H27FN2/c1-3-24-14-16-25(17-15-24)13-12-18(2)19-4-6-20(7-5-19)21-8-10-22(23)11-9-21/h4-12H,3,13-17H2,1-2H3/b18-12-. The summed E-state index contributed by atoms with van der Waals surface area (Å²) >= 11 is 0. The van der Waals surface area contributed by atoms with Crippen molar-refractivity contribution in [2.24, 2.45) is 0 Å². The normalized spacial score (nSPS) is 17.0. The Balaban J connectivity index is 1.60. The highest BCUT2D eigenvalue weighted by atomic mass is 19.1. The van der Waals surface area contributed by atoms with E-state index in [-0.39, 0.29) is 5.82 Å². The third-order valence-electron chi connectivity index (χ3n) is 5.09. The highest BCUT2D eigenvalue weighted by Crippen LogP contribution is 2.22. The molecule has 0 bridgehead atoms. The lowest BCUT2D eigenvalue weighted by molar-refractivity contribution is 0.148. The van der Waals surface area contributed by atoms with Crippen molar-refractivity contribution in [1.82, 2.24) is 9.80 Å². The van der Waals surface area contributed by atoms with Crippen LogP contribution in [-0.2, 0) is 0 Å². The van der Waals surface area contributed by atoms with E-state index in [1.165, 1.54) is 36.4 Å². The molecule has 0 aliphatic carbocycles. The largest absolute Gasteiger partial charge is 0.301 e. The molecule has 25 heavy (non-hydrogen) atoms. The molecule has 1 fully saturated rings. The number of halogens is 1. The quantitative estimate of drug-likeness (QED) is 0.790. The van der Waals surface area contributed by atoms with Gasteiger partial charge in [0, 0.05) is 32.7 Å². The van der Waals surface area contributed by atoms with E-state index in [0.717, 1.165) is 37.3 Å². The van der Waals surface area contributed by atoms with Gasteiger partial charge in [0.25, 0.3) is 0 Å². The SMILES string of the molecule is CCN1CCN(C/C=C(/C)c2ccc(-c3ccc(F)cc3)cc2)CC1. The van der Waals surface area contributed by atoms with Crippen LogP contribution in [0.25, 0.3) is 16.7 Å². The van der Waals surface area contributed by atoms with E-state index in [1.807, 2.05) is 12.1 Å². The zero-order valence-electron chi connectivity index (χ0n) is 15.2. The van der Waals surface area contributed by atoms with Crippen molar-refractivity contribution in [3.8, 4) is 11.1 Å². The lowest BCUT2D eigenvalue weighted by atomic mass is 10.0. The molecule has 0 amide bonds. The molecule has 1 aliphatic rings. The van der Waals surface area contributed by atoms with Crippen LogP contribution in [0.2, 0.25) is 0 Å². The molecular formula is C22H27FN2. The zero-order valence-corrected chi connectivity index (χ0v) is 15.2. The molecule has 2 nitrogen and oxygen atoms in total. The number of nitrogens with zero attached hydrogens (tertiary/aromatic N) is 2. The Morgan fingerprint density at radius 2 is 1.40 bits per heavy atom. The van der Waals surface area contributed by atoms with Gasteiger partial charge in [0.15, 0.2) is 0 Å². The minimum atomic E-state index is -0.195. The topological polar surface area (TPSA) is 6.48 Å². The Bertz CT molecular complexity index is 696. The van der Waals surface area contributed by atoms with Crippen LogP contribution < -0.4 is 0 Å². The third-order valence-corrected chi connectivity index (χ3v) is 5.09. The molecule has 132 valence electrons. The van der Waals surface area contributed by atoms with Crippen molar-refractivity contribution in [1.29, 1.82) is 0 Å². The van der Waals surface area contributed by atoms with Crippen molar-refractivity contribution in [3.63, 3.8) is 0 Å². The van der Waals surface area contributed by atoms with Gasteiger partial charge in [-0.2, -0.15) is 0 Å². The predicted molar refractivity (Wildman–Crippen MR) is 104 cm³/mol. The average molecular weight is 338 g/mol. The van der Waals surface area contributed by atoms with Crippen LogP contribution in [-0.4, -0.2) is 49.1 Å². The van der Waals surface area contributed by atoms with Crippen molar-refractivity contribution in [2.45, 2.75) is 13.8 Å². The Labute approximate surface area is 150 Å². The molecule has 0 N–H and O–H groups in total. The average Bonchev–Trinajstić information content (AvgIpc) is 2.67. The zero-order chi connectivity index (χ0) is 17.6. The van der Waals surface area contributed by atoms with Gasteiger partial charge in [-0.3, -0.25) is 4.90 Å². The first-order valence-electron chi connectivity index (χ1n) is 9.13. The molecule has 1 saturated heterocycles. The first kappa shape index (κ1) is 17.8. The highest BCUT2D eigenvalue weighted by molar-refractivity contribution is 5.69. The van der Waals surface area contributed by atoms with E-state index in [4.69, 9.17) is 0 Å². The number of hydrogen-bond donors (Lipinski definition) is 0. The van der Waals surface area contributed by atoms with Crippen LogP contribution in [0.1, 0.15) is 19.4 Å². The molecule has 1 heterocycles. The summed E-state index contributed by atoms with van der Waals surface area (Å²) in [4.78, 5) is 5.02. The second-order valence-electron chi connectivity index (χ2n) is 6.71. The Morgan fingerprint density at radius 3 is 1.96 bits per heavy atom. The summed E-state index contributed by atoms with van der Waals surface area (Å²) in [5.41, 5.74) is 4.72. The van der Waals surface area contributed by atoms with Crippen LogP contribution in [0.5, 0.6) is 0 Å². The molecule has 1 aliphatic heterocycles. The maximum Gasteiger partial charge on any atom is 0.123 e. The molecule has 3 heteroatoms. The Hall–Kier alpha value is -1.97. The van der Waals surface area contributed by atoms with Gasteiger partial charge in [-0.05, 0) is 47.9 Å². The van der Waals surface area contributed by atoms with Crippen LogP contribution in [0, 0.1) is 5.82 Å². The fraction of sp³-hybridized carbons (Fsp3) is 0.364. The van der Waals surface area contributed by atoms with Crippen LogP contribution in [0.3, 0.4) is 0 Å². The number of allylic oxidation sites excluding steroid dienone is 1. The summed E-state index contributed by atoms with van der Waals surface area (Å²) in [5, 5.41) is 0. The van der Waals surface area contributed by atoms with E-state index in [0.29, 0.717) is 0 Å². The van der Waals surface area contributed by atoms with Gasteiger partial charge in [-0.25, -0.2) is 4.39 Å². The lowest BCUT2D eigenvalue weighted by Crippen LogP contribution is -2.46. The number of likely N-dealkylation sites (N-methyl/N-ethyl adjacent to an activating group) is 1. The van der Waals surface area contributed by atoms with Crippen LogP contribution in [0.15, 0.2) is 54.6 Å². The molecule has 3 rings (SSSR count). The fourth-order valence-corrected chi connectivity index (χ4v) is 3.24. The number of rotatable bonds is 5. The second-order valence-corrected chi connectivity index (χ2v) is 6.71. The molecule has 0 saturated carbocycles. The van der Waals surface area contributed by atoms with E-state index >= 15 is 0 Å². The molecule has 0 unspecified atom stereocenters. The van der Waals surface area contributed by atoms with Gasteiger partial charge in [-0.15, -0.1) is 0 Å². The van der Waals surface area contributed by atoms with Crippen molar-refractivity contribution >= 4 is 5.57 Å². The molecule has 0 spiro atoms. The summed E-state index contributed by atoms with van der Waals surface area (Å²) in [6.45, 7) is 11.2. The molecule has 0 radical (unpaired) electrons. The lowest BCUT2D eigenvalue weighted by Gasteiger charge is -2.33. The van der Waals surface area contributed by atoms with Crippen molar-refractivity contribution in [3.05, 3.63) is 66.0 Å². The van der Waals surface area contributed by atoms with Gasteiger partial charge in [0.2, 0.25) is 0 Å². The van der Waals surface area contributed by atoms with E-state index in [2.05, 4.69) is 54.0 Å². The fourth-order valence-electron chi connectivity index (χ4n) is 3.24. The molecular weight excluding hydrogens is 311 g/mol. The number of hydrogen-bond acceptors (Lipinski definition) is 2. The number of piperazine rings is 1. The number of benzene rings is 2. The maximum atomic E-state index is 13.0. The monoisotopic (exact) mass is 338 g/mol. The smallest absolute Gasteiger partial charge is 0.123 e. The Morgan fingerprint density at radius 1 is 0.880 bits per heavy atom. The van der Waals surface area contributed by atoms with E-state index in [1.54, 1.807) is 0 Å². The van der Waals surface area contributed by atoms with Gasteiger partial charge < -0.3 is 4.90 Å². The second kappa shape index (κ2) is 8.41. The minimum Gasteiger partial charge on any atom is -0.301 e. The summed E-state index contributed by atoms with van der Waals surface area (Å²) in [6, 6.07) is 15.2. The molecule has 2 aromatic carbocycles. The minimum absolute atomic E-state index is 0.195. The van der Waals surface area contributed by atoms with E-state index < -0.39 is 0 Å². The third kappa shape index (κ3) is 4.77. The summed E-state index contributed by atoms with van der Waals surface area (Å²) in [5.74, 6) is -0.195. The summed E-state index contributed by atoms with van der Waals surface area (Å²) in [6.07, 6.45) is 2.33. The van der Waals surface area contributed by atoms with Gasteiger partial charge in [0.05, 0.1) is 0 Å². The van der Waals surface area contributed by atoms with Gasteiger partial charge in [0.1, 0.15) is 5.82 Å². The molecule has 2 aromatic rings. The van der Waals surface area contributed by atoms with Crippen LogP contribution >= 0.6 is 0 Å². The van der Waals surface area contributed by atoms with Gasteiger partial charge in [-0.1, -0.05) is 49.4 Å². The maximum absolute atomic E-state index is 13.0. The summed E-state index contributed by atoms with van der Waals surface area (Å²) in [7, 11) is 0.